The van der Waals surface area contributed by atoms with Crippen LogP contribution in [0.4, 0.5) is 0 Å². The van der Waals surface area contributed by atoms with E-state index in [2.05, 4.69) is 10.6 Å². The van der Waals surface area contributed by atoms with Crippen molar-refractivity contribution in [1.82, 2.24) is 15.5 Å². The molecule has 26 heavy (non-hydrogen) atoms. The van der Waals surface area contributed by atoms with E-state index in [9.17, 15) is 24.3 Å². The lowest BCUT2D eigenvalue weighted by molar-refractivity contribution is -0.147. The van der Waals surface area contributed by atoms with Crippen molar-refractivity contribution in [3.8, 4) is 0 Å². The van der Waals surface area contributed by atoms with E-state index < -0.39 is 60.6 Å². The molecule has 1 aliphatic rings. The maximum absolute atomic E-state index is 12.5. The molecule has 1 fully saturated rings. The van der Waals surface area contributed by atoms with Gasteiger partial charge in [0.1, 0.15) is 18.1 Å². The SMILES string of the molecule is CC(NC(=O)C(N)CO)C(=O)N1CCCC1C(=O)NC(C(=O)O)C(C)O. The zero-order valence-corrected chi connectivity index (χ0v) is 14.7. The number of nitrogens with zero attached hydrogens (tertiary/aromatic N) is 1. The molecule has 0 radical (unpaired) electrons. The Bertz CT molecular complexity index is 554. The molecule has 0 aromatic carbocycles. The van der Waals surface area contributed by atoms with Crippen molar-refractivity contribution >= 4 is 23.7 Å². The number of nitrogens with two attached hydrogens (primary N) is 1. The summed E-state index contributed by atoms with van der Waals surface area (Å²) < 4.78 is 0. The molecule has 1 aliphatic heterocycles. The molecule has 5 unspecified atom stereocenters. The minimum Gasteiger partial charge on any atom is -0.480 e. The summed E-state index contributed by atoms with van der Waals surface area (Å²) in [6, 6.07) is -4.51. The molecule has 0 aromatic heterocycles. The summed E-state index contributed by atoms with van der Waals surface area (Å²) in [5.41, 5.74) is 5.38. The largest absolute Gasteiger partial charge is 0.480 e. The molecule has 1 heterocycles. The molecule has 3 amide bonds. The zero-order chi connectivity index (χ0) is 20.0. The molecule has 11 nitrogen and oxygen atoms in total. The van der Waals surface area contributed by atoms with Crippen LogP contribution in [0, 0.1) is 0 Å². The van der Waals surface area contributed by atoms with E-state index >= 15 is 0 Å². The molecule has 0 aliphatic carbocycles. The summed E-state index contributed by atoms with van der Waals surface area (Å²) in [6.45, 7) is 2.36. The molecular formula is C15H26N4O7. The van der Waals surface area contributed by atoms with E-state index in [1.807, 2.05) is 0 Å². The average molecular weight is 374 g/mol. The van der Waals surface area contributed by atoms with Crippen LogP contribution < -0.4 is 16.4 Å². The minimum absolute atomic E-state index is 0.273. The number of carbonyl (C=O) groups is 4. The van der Waals surface area contributed by atoms with Gasteiger partial charge in [-0.1, -0.05) is 0 Å². The van der Waals surface area contributed by atoms with Gasteiger partial charge in [-0.15, -0.1) is 0 Å². The number of nitrogens with one attached hydrogen (secondary N) is 2. The molecule has 0 aromatic rings. The highest BCUT2D eigenvalue weighted by Gasteiger charge is 2.38. The number of hydrogen-bond acceptors (Lipinski definition) is 7. The Hall–Kier alpha value is -2.24. The number of likely N-dealkylation sites (tertiary alicyclic amines) is 1. The number of aliphatic hydroxyl groups excluding tert-OH is 2. The third-order valence-corrected chi connectivity index (χ3v) is 4.15. The first-order valence-corrected chi connectivity index (χ1v) is 8.28. The van der Waals surface area contributed by atoms with E-state index in [0.717, 1.165) is 0 Å². The van der Waals surface area contributed by atoms with Crippen LogP contribution in [0.3, 0.4) is 0 Å². The number of aliphatic hydroxyl groups is 2. The van der Waals surface area contributed by atoms with Gasteiger partial charge in [0, 0.05) is 6.54 Å². The molecule has 5 atom stereocenters. The van der Waals surface area contributed by atoms with Crippen molar-refractivity contribution in [2.24, 2.45) is 5.73 Å². The maximum Gasteiger partial charge on any atom is 0.328 e. The number of amides is 3. The summed E-state index contributed by atoms with van der Waals surface area (Å²) in [5.74, 6) is -3.30. The Morgan fingerprint density at radius 1 is 1.23 bits per heavy atom. The second-order valence-electron chi connectivity index (χ2n) is 6.27. The number of carbonyl (C=O) groups excluding carboxylic acids is 3. The quantitative estimate of drug-likeness (QED) is 0.256. The van der Waals surface area contributed by atoms with Crippen molar-refractivity contribution in [2.75, 3.05) is 13.2 Å². The van der Waals surface area contributed by atoms with Crippen LogP contribution in [-0.2, 0) is 19.2 Å². The van der Waals surface area contributed by atoms with Gasteiger partial charge in [-0.05, 0) is 26.7 Å². The molecule has 1 rings (SSSR count). The fourth-order valence-corrected chi connectivity index (χ4v) is 2.66. The first-order chi connectivity index (χ1) is 12.1. The highest BCUT2D eigenvalue weighted by atomic mass is 16.4. The lowest BCUT2D eigenvalue weighted by atomic mass is 10.1. The van der Waals surface area contributed by atoms with Crippen LogP contribution >= 0.6 is 0 Å². The number of rotatable bonds is 8. The van der Waals surface area contributed by atoms with Crippen molar-refractivity contribution in [3.63, 3.8) is 0 Å². The third-order valence-electron chi connectivity index (χ3n) is 4.15. The predicted molar refractivity (Wildman–Crippen MR) is 88.6 cm³/mol. The molecule has 148 valence electrons. The van der Waals surface area contributed by atoms with Crippen molar-refractivity contribution < 1.29 is 34.5 Å². The Kier molecular flexibility index (Phi) is 7.93. The first kappa shape index (κ1) is 21.8. The number of carboxylic acids is 1. The van der Waals surface area contributed by atoms with Crippen molar-refractivity contribution in [3.05, 3.63) is 0 Å². The Labute approximate surface area is 150 Å². The maximum atomic E-state index is 12.5. The van der Waals surface area contributed by atoms with Crippen LogP contribution in [0.1, 0.15) is 26.7 Å². The smallest absolute Gasteiger partial charge is 0.328 e. The molecule has 0 saturated carbocycles. The van der Waals surface area contributed by atoms with Gasteiger partial charge in [-0.25, -0.2) is 4.79 Å². The number of carboxylic acid groups (broad SMARTS) is 1. The van der Waals surface area contributed by atoms with E-state index in [0.29, 0.717) is 12.8 Å². The Morgan fingerprint density at radius 2 is 1.85 bits per heavy atom. The van der Waals surface area contributed by atoms with Crippen LogP contribution in [0.5, 0.6) is 0 Å². The first-order valence-electron chi connectivity index (χ1n) is 8.28. The van der Waals surface area contributed by atoms with Gasteiger partial charge in [0.25, 0.3) is 0 Å². The molecule has 0 spiro atoms. The van der Waals surface area contributed by atoms with E-state index in [1.165, 1.54) is 18.7 Å². The number of aliphatic carboxylic acids is 1. The second kappa shape index (κ2) is 9.46. The van der Waals surface area contributed by atoms with Crippen LogP contribution in [0.25, 0.3) is 0 Å². The fourth-order valence-electron chi connectivity index (χ4n) is 2.66. The van der Waals surface area contributed by atoms with Crippen LogP contribution in [0.2, 0.25) is 0 Å². The van der Waals surface area contributed by atoms with E-state index in [1.54, 1.807) is 0 Å². The van der Waals surface area contributed by atoms with E-state index in [4.69, 9.17) is 15.9 Å². The molecule has 1 saturated heterocycles. The van der Waals surface area contributed by atoms with E-state index in [-0.39, 0.29) is 6.54 Å². The lowest BCUT2D eigenvalue weighted by Gasteiger charge is -2.28. The predicted octanol–water partition coefficient (Wildman–Crippen LogP) is -3.25. The van der Waals surface area contributed by atoms with Crippen molar-refractivity contribution in [2.45, 2.75) is 57.0 Å². The van der Waals surface area contributed by atoms with Crippen LogP contribution in [-0.4, -0.2) is 87.3 Å². The third kappa shape index (κ3) is 5.38. The summed E-state index contributed by atoms with van der Waals surface area (Å²) >= 11 is 0. The molecular weight excluding hydrogens is 348 g/mol. The summed E-state index contributed by atoms with van der Waals surface area (Å²) in [6.07, 6.45) is -0.437. The fraction of sp³-hybridized carbons (Fsp3) is 0.733. The lowest BCUT2D eigenvalue weighted by Crippen LogP contribution is -2.57. The summed E-state index contributed by atoms with van der Waals surface area (Å²) in [7, 11) is 0. The van der Waals surface area contributed by atoms with Gasteiger partial charge in [-0.3, -0.25) is 14.4 Å². The molecule has 11 heteroatoms. The highest BCUT2D eigenvalue weighted by Crippen LogP contribution is 2.19. The average Bonchev–Trinajstić information content (AvgIpc) is 3.06. The zero-order valence-electron chi connectivity index (χ0n) is 14.7. The van der Waals surface area contributed by atoms with Gasteiger partial charge in [-0.2, -0.15) is 0 Å². The monoisotopic (exact) mass is 374 g/mol. The van der Waals surface area contributed by atoms with Gasteiger partial charge >= 0.3 is 5.97 Å². The highest BCUT2D eigenvalue weighted by molar-refractivity contribution is 5.94. The molecule has 0 bridgehead atoms. The molecule has 7 N–H and O–H groups in total. The minimum atomic E-state index is -1.49. The number of hydrogen-bond donors (Lipinski definition) is 6. The van der Waals surface area contributed by atoms with Gasteiger partial charge < -0.3 is 36.6 Å². The topological polar surface area (TPSA) is 182 Å². The Balaban J connectivity index is 2.76. The summed E-state index contributed by atoms with van der Waals surface area (Å²) in [4.78, 5) is 48.9. The van der Waals surface area contributed by atoms with Gasteiger partial charge in [0.2, 0.25) is 17.7 Å². The summed E-state index contributed by atoms with van der Waals surface area (Å²) in [5, 5.41) is 31.9. The standard InChI is InChI=1S/C15H26N4O7/c1-7(17-12(22)9(16)6-20)14(24)19-5-3-4-10(19)13(23)18-11(8(2)21)15(25)26/h7-11,20-21H,3-6,16H2,1-2H3,(H,17,22)(H,18,23)(H,25,26). The van der Waals surface area contributed by atoms with Crippen molar-refractivity contribution in [1.29, 1.82) is 0 Å². The Morgan fingerprint density at radius 3 is 2.35 bits per heavy atom. The van der Waals surface area contributed by atoms with Gasteiger partial charge in [0.15, 0.2) is 6.04 Å². The van der Waals surface area contributed by atoms with Gasteiger partial charge in [0.05, 0.1) is 12.7 Å². The second-order valence-corrected chi connectivity index (χ2v) is 6.27. The normalized spacial score (nSPS) is 21.4. The van der Waals surface area contributed by atoms with Crippen LogP contribution in [0.15, 0.2) is 0 Å².